The second-order valence-corrected chi connectivity index (χ2v) is 4.40. The highest BCUT2D eigenvalue weighted by atomic mass is 16.1. The Balaban J connectivity index is 1.80. The summed E-state index contributed by atoms with van der Waals surface area (Å²) in [7, 11) is 0. The van der Waals surface area contributed by atoms with Gasteiger partial charge in [0.05, 0.1) is 6.42 Å². The van der Waals surface area contributed by atoms with E-state index in [1.165, 1.54) is 19.3 Å². The van der Waals surface area contributed by atoms with E-state index in [1.807, 2.05) is 18.2 Å². The van der Waals surface area contributed by atoms with Crippen LogP contribution in [0.3, 0.4) is 0 Å². The molecule has 0 spiro atoms. The van der Waals surface area contributed by atoms with Crippen LogP contribution in [0.2, 0.25) is 0 Å². The molecule has 0 aromatic carbocycles. The number of nitrogens with zero attached hydrogens (tertiary/aromatic N) is 1. The molecule has 0 unspecified atom stereocenters. The number of carbonyl (C=O) groups is 1. The van der Waals surface area contributed by atoms with Gasteiger partial charge in [0, 0.05) is 17.9 Å². The average Bonchev–Trinajstić information content (AvgIpc) is 2.31. The molecule has 86 valence electrons. The lowest BCUT2D eigenvalue weighted by atomic mass is 9.95. The first kappa shape index (κ1) is 11.1. The summed E-state index contributed by atoms with van der Waals surface area (Å²) in [5.74, 6) is 0.102. The van der Waals surface area contributed by atoms with Crippen molar-refractivity contribution < 1.29 is 4.79 Å². The van der Waals surface area contributed by atoms with E-state index in [1.54, 1.807) is 6.20 Å². The molecule has 1 fully saturated rings. The van der Waals surface area contributed by atoms with Crippen molar-refractivity contribution >= 4 is 5.91 Å². The first-order chi connectivity index (χ1) is 7.84. The summed E-state index contributed by atoms with van der Waals surface area (Å²) < 4.78 is 0. The van der Waals surface area contributed by atoms with Crippen LogP contribution < -0.4 is 5.32 Å². The molecule has 0 aliphatic heterocycles. The Morgan fingerprint density at radius 2 is 2.12 bits per heavy atom. The summed E-state index contributed by atoms with van der Waals surface area (Å²) in [4.78, 5) is 15.9. The summed E-state index contributed by atoms with van der Waals surface area (Å²) >= 11 is 0. The van der Waals surface area contributed by atoms with Crippen LogP contribution in [0.4, 0.5) is 0 Å². The Labute approximate surface area is 96.3 Å². The highest BCUT2D eigenvalue weighted by molar-refractivity contribution is 5.78. The Morgan fingerprint density at radius 3 is 2.81 bits per heavy atom. The standard InChI is InChI=1S/C13H18N2O/c16-13(10-12-8-4-5-9-14-12)15-11-6-2-1-3-7-11/h4-5,8-9,11H,1-3,6-7,10H2,(H,15,16). The molecule has 3 nitrogen and oxygen atoms in total. The highest BCUT2D eigenvalue weighted by Gasteiger charge is 2.15. The summed E-state index contributed by atoms with van der Waals surface area (Å²) in [5, 5.41) is 3.09. The molecular weight excluding hydrogens is 200 g/mol. The molecule has 16 heavy (non-hydrogen) atoms. The summed E-state index contributed by atoms with van der Waals surface area (Å²) in [5.41, 5.74) is 0.843. The zero-order chi connectivity index (χ0) is 11.2. The van der Waals surface area contributed by atoms with Crippen LogP contribution in [0.1, 0.15) is 37.8 Å². The predicted molar refractivity (Wildman–Crippen MR) is 63.0 cm³/mol. The topological polar surface area (TPSA) is 42.0 Å². The molecule has 1 N–H and O–H groups in total. The van der Waals surface area contributed by atoms with Gasteiger partial charge in [0.1, 0.15) is 0 Å². The molecule has 1 amide bonds. The number of aromatic nitrogens is 1. The van der Waals surface area contributed by atoms with Crippen molar-refractivity contribution in [2.45, 2.75) is 44.6 Å². The third-order valence-electron chi connectivity index (χ3n) is 3.04. The molecule has 1 aromatic rings. The fourth-order valence-electron chi connectivity index (χ4n) is 2.19. The predicted octanol–water partition coefficient (Wildman–Crippen LogP) is 2.07. The molecule has 1 heterocycles. The lowest BCUT2D eigenvalue weighted by Crippen LogP contribution is -2.37. The van der Waals surface area contributed by atoms with Gasteiger partial charge in [0.15, 0.2) is 0 Å². The lowest BCUT2D eigenvalue weighted by molar-refractivity contribution is -0.121. The maximum absolute atomic E-state index is 11.7. The molecule has 0 bridgehead atoms. The SMILES string of the molecule is O=C(Cc1ccccn1)NC1CCCCC1. The molecule has 0 atom stereocenters. The first-order valence-electron chi connectivity index (χ1n) is 6.04. The van der Waals surface area contributed by atoms with E-state index >= 15 is 0 Å². The van der Waals surface area contributed by atoms with Crippen LogP contribution in [-0.4, -0.2) is 16.9 Å². The normalized spacial score (nSPS) is 17.0. The molecule has 1 aliphatic carbocycles. The second-order valence-electron chi connectivity index (χ2n) is 4.40. The summed E-state index contributed by atoms with van der Waals surface area (Å²) in [6.45, 7) is 0. The minimum absolute atomic E-state index is 0.102. The number of hydrogen-bond acceptors (Lipinski definition) is 2. The van der Waals surface area contributed by atoms with Gasteiger partial charge < -0.3 is 5.32 Å². The van der Waals surface area contributed by atoms with Gasteiger partial charge >= 0.3 is 0 Å². The van der Waals surface area contributed by atoms with Crippen molar-refractivity contribution in [3.8, 4) is 0 Å². The smallest absolute Gasteiger partial charge is 0.226 e. The maximum atomic E-state index is 11.7. The fourth-order valence-corrected chi connectivity index (χ4v) is 2.19. The van der Waals surface area contributed by atoms with Gasteiger partial charge in [-0.25, -0.2) is 0 Å². The van der Waals surface area contributed by atoms with Crippen LogP contribution >= 0.6 is 0 Å². The summed E-state index contributed by atoms with van der Waals surface area (Å²) in [6.07, 6.45) is 8.19. The van der Waals surface area contributed by atoms with Crippen LogP contribution in [0.15, 0.2) is 24.4 Å². The third kappa shape index (κ3) is 3.33. The van der Waals surface area contributed by atoms with E-state index < -0.39 is 0 Å². The van der Waals surface area contributed by atoms with E-state index in [-0.39, 0.29) is 5.91 Å². The van der Waals surface area contributed by atoms with Crippen molar-refractivity contribution in [1.29, 1.82) is 0 Å². The summed E-state index contributed by atoms with van der Waals surface area (Å²) in [6, 6.07) is 6.06. The van der Waals surface area contributed by atoms with Crippen LogP contribution in [-0.2, 0) is 11.2 Å². The van der Waals surface area contributed by atoms with Crippen LogP contribution in [0, 0.1) is 0 Å². The lowest BCUT2D eigenvalue weighted by Gasteiger charge is -2.22. The number of pyridine rings is 1. The van der Waals surface area contributed by atoms with E-state index in [2.05, 4.69) is 10.3 Å². The van der Waals surface area contributed by atoms with Crippen molar-refractivity contribution in [3.05, 3.63) is 30.1 Å². The molecule has 1 saturated carbocycles. The molecule has 1 aromatic heterocycles. The minimum atomic E-state index is 0.102. The van der Waals surface area contributed by atoms with Gasteiger partial charge in [-0.2, -0.15) is 0 Å². The van der Waals surface area contributed by atoms with E-state index in [4.69, 9.17) is 0 Å². The van der Waals surface area contributed by atoms with Gasteiger partial charge in [-0.3, -0.25) is 9.78 Å². The zero-order valence-electron chi connectivity index (χ0n) is 9.48. The van der Waals surface area contributed by atoms with E-state index in [0.29, 0.717) is 12.5 Å². The first-order valence-corrected chi connectivity index (χ1v) is 6.04. The molecular formula is C13H18N2O. The van der Waals surface area contributed by atoms with Crippen LogP contribution in [0.5, 0.6) is 0 Å². The quantitative estimate of drug-likeness (QED) is 0.844. The number of carbonyl (C=O) groups excluding carboxylic acids is 1. The van der Waals surface area contributed by atoms with Crippen molar-refractivity contribution in [2.75, 3.05) is 0 Å². The number of rotatable bonds is 3. The van der Waals surface area contributed by atoms with E-state index in [0.717, 1.165) is 18.5 Å². The zero-order valence-corrected chi connectivity index (χ0v) is 9.48. The second kappa shape index (κ2) is 5.64. The highest BCUT2D eigenvalue weighted by Crippen LogP contribution is 2.17. The fraction of sp³-hybridized carbons (Fsp3) is 0.538. The molecule has 0 radical (unpaired) electrons. The largest absolute Gasteiger partial charge is 0.353 e. The Kier molecular flexibility index (Phi) is 3.91. The molecule has 0 saturated heterocycles. The maximum Gasteiger partial charge on any atom is 0.226 e. The molecule has 3 heteroatoms. The minimum Gasteiger partial charge on any atom is -0.353 e. The number of nitrogens with one attached hydrogen (secondary N) is 1. The number of amides is 1. The Bertz CT molecular complexity index is 331. The van der Waals surface area contributed by atoms with E-state index in [9.17, 15) is 4.79 Å². The van der Waals surface area contributed by atoms with Gasteiger partial charge in [-0.05, 0) is 25.0 Å². The Hall–Kier alpha value is -1.38. The van der Waals surface area contributed by atoms with Crippen molar-refractivity contribution in [2.24, 2.45) is 0 Å². The monoisotopic (exact) mass is 218 g/mol. The van der Waals surface area contributed by atoms with Gasteiger partial charge in [-0.1, -0.05) is 25.3 Å². The van der Waals surface area contributed by atoms with Crippen LogP contribution in [0.25, 0.3) is 0 Å². The molecule has 2 rings (SSSR count). The van der Waals surface area contributed by atoms with Gasteiger partial charge in [-0.15, -0.1) is 0 Å². The average molecular weight is 218 g/mol. The number of hydrogen-bond donors (Lipinski definition) is 1. The Morgan fingerprint density at radius 1 is 1.31 bits per heavy atom. The van der Waals surface area contributed by atoms with Crippen molar-refractivity contribution in [3.63, 3.8) is 0 Å². The third-order valence-corrected chi connectivity index (χ3v) is 3.04. The molecule has 1 aliphatic rings. The van der Waals surface area contributed by atoms with Gasteiger partial charge in [0.2, 0.25) is 5.91 Å². The van der Waals surface area contributed by atoms with Gasteiger partial charge in [0.25, 0.3) is 0 Å². The van der Waals surface area contributed by atoms with Crippen molar-refractivity contribution in [1.82, 2.24) is 10.3 Å².